The molecule has 0 unspecified atom stereocenters. The molecule has 2 N–H and O–H groups in total. The molecule has 0 spiro atoms. The molecule has 9 nitrogen and oxygen atoms in total. The summed E-state index contributed by atoms with van der Waals surface area (Å²) in [5.41, 5.74) is 0.743. The van der Waals surface area contributed by atoms with Crippen LogP contribution in [0.25, 0.3) is 0 Å². The van der Waals surface area contributed by atoms with Crippen molar-refractivity contribution in [3.63, 3.8) is 0 Å². The van der Waals surface area contributed by atoms with E-state index in [4.69, 9.17) is 16.3 Å². The molecule has 2 aromatic rings. The van der Waals surface area contributed by atoms with E-state index < -0.39 is 28.4 Å². The summed E-state index contributed by atoms with van der Waals surface area (Å²) in [7, 11) is 0. The third-order valence-electron chi connectivity index (χ3n) is 10.9. The Morgan fingerprint density at radius 3 is 2.29 bits per heavy atom. The number of nitrogens with one attached hydrogen (secondary N) is 1. The molecule has 3 saturated heterocycles. The summed E-state index contributed by atoms with van der Waals surface area (Å²) in [6.45, 7) is 3.94. The average molecular weight is 705 g/mol. The Bertz CT molecular complexity index is 1520. The number of nitrogens with zero attached hydrogens (tertiary/aromatic N) is 3. The van der Waals surface area contributed by atoms with E-state index in [2.05, 4.69) is 5.32 Å². The van der Waals surface area contributed by atoms with E-state index in [1.165, 1.54) is 6.07 Å². The number of phenols is 1. The summed E-state index contributed by atoms with van der Waals surface area (Å²) in [6.07, 6.45) is 0.432. The van der Waals surface area contributed by atoms with Crippen LogP contribution in [0.3, 0.4) is 0 Å². The maximum absolute atomic E-state index is 14.0. The molecule has 0 aromatic heterocycles. The predicted octanol–water partition coefficient (Wildman–Crippen LogP) is 6.36. The highest BCUT2D eigenvalue weighted by Gasteiger charge is 2.38. The molecular formula is C36H44ClF3N4O5. The number of halogens is 4. The highest BCUT2D eigenvalue weighted by Crippen LogP contribution is 2.41. The lowest BCUT2D eigenvalue weighted by Gasteiger charge is -2.39. The number of phenolic OH excluding ortho intramolecular Hbond substituents is 1. The molecule has 3 fully saturated rings. The Hall–Kier alpha value is -3.51. The number of fused-ring (bicyclic) bond motifs is 1. The van der Waals surface area contributed by atoms with E-state index >= 15 is 0 Å². The van der Waals surface area contributed by atoms with Gasteiger partial charge in [-0.25, -0.2) is 4.79 Å². The number of alkyl halides is 3. The number of aromatic hydroxyl groups is 1. The first-order valence-electron chi connectivity index (χ1n) is 17.4. The Labute approximate surface area is 289 Å². The molecule has 266 valence electrons. The summed E-state index contributed by atoms with van der Waals surface area (Å²) < 4.78 is 46.7. The summed E-state index contributed by atoms with van der Waals surface area (Å²) in [4.78, 5) is 46.1. The fourth-order valence-corrected chi connectivity index (χ4v) is 8.30. The number of piperidine rings is 2. The van der Waals surface area contributed by atoms with E-state index in [1.807, 2.05) is 29.2 Å². The van der Waals surface area contributed by atoms with Gasteiger partial charge in [0.25, 0.3) is 0 Å². The summed E-state index contributed by atoms with van der Waals surface area (Å²) in [6, 6.07) is 9.58. The number of anilines is 1. The van der Waals surface area contributed by atoms with E-state index in [9.17, 15) is 32.7 Å². The van der Waals surface area contributed by atoms with Crippen LogP contribution < -0.4 is 5.32 Å². The van der Waals surface area contributed by atoms with Crippen molar-refractivity contribution in [3.05, 3.63) is 58.1 Å². The Kier molecular flexibility index (Phi) is 10.9. The van der Waals surface area contributed by atoms with E-state index in [0.29, 0.717) is 57.4 Å². The third-order valence-corrected chi connectivity index (χ3v) is 11.2. The minimum absolute atomic E-state index is 0.0484. The molecule has 4 heterocycles. The van der Waals surface area contributed by atoms with Crippen molar-refractivity contribution in [1.29, 1.82) is 0 Å². The number of likely N-dealkylation sites (tertiary alicyclic amines) is 2. The molecule has 0 aliphatic carbocycles. The monoisotopic (exact) mass is 704 g/mol. The van der Waals surface area contributed by atoms with Crippen LogP contribution in [0.1, 0.15) is 61.6 Å². The first-order valence-corrected chi connectivity index (χ1v) is 17.7. The number of hydrogen-bond acceptors (Lipinski definition) is 5. The minimum atomic E-state index is -4.84. The Morgan fingerprint density at radius 1 is 0.939 bits per heavy atom. The lowest BCUT2D eigenvalue weighted by atomic mass is 9.79. The van der Waals surface area contributed by atoms with Crippen molar-refractivity contribution >= 4 is 35.1 Å². The SMILES string of the molecule is O=C(C[C@H](Cc1cc(Cl)c(O)c(C(F)(F)F)c1)C(=O)N1CCC(C2CCOCC2)CC1)N1CCC(N2CCc3ccccc3NC2=O)CC1. The number of urea groups is 1. The number of benzene rings is 2. The molecule has 13 heteroatoms. The lowest BCUT2D eigenvalue weighted by molar-refractivity contribution is -0.143. The summed E-state index contributed by atoms with van der Waals surface area (Å²) in [5.74, 6) is -1.42. The number of amides is 4. The van der Waals surface area contributed by atoms with Gasteiger partial charge in [0, 0.05) is 64.1 Å². The van der Waals surface area contributed by atoms with Crippen LogP contribution in [0, 0.1) is 17.8 Å². The van der Waals surface area contributed by atoms with Gasteiger partial charge in [-0.15, -0.1) is 0 Å². The highest BCUT2D eigenvalue weighted by molar-refractivity contribution is 6.32. The number of carbonyl (C=O) groups excluding carboxylic acids is 3. The fourth-order valence-electron chi connectivity index (χ4n) is 8.06. The van der Waals surface area contributed by atoms with Crippen molar-refractivity contribution in [2.45, 2.75) is 70.0 Å². The molecule has 1 atom stereocenters. The Morgan fingerprint density at radius 2 is 1.59 bits per heavy atom. The third kappa shape index (κ3) is 8.28. The largest absolute Gasteiger partial charge is 0.506 e. The number of rotatable bonds is 7. The van der Waals surface area contributed by atoms with Crippen LogP contribution in [0.4, 0.5) is 23.7 Å². The maximum Gasteiger partial charge on any atom is 0.420 e. The molecule has 0 bridgehead atoms. The number of para-hydroxylation sites is 1. The van der Waals surface area contributed by atoms with Gasteiger partial charge >= 0.3 is 12.2 Å². The van der Waals surface area contributed by atoms with Gasteiger partial charge in [-0.2, -0.15) is 13.2 Å². The zero-order valence-corrected chi connectivity index (χ0v) is 28.3. The molecule has 4 aliphatic rings. The maximum atomic E-state index is 14.0. The van der Waals surface area contributed by atoms with Crippen molar-refractivity contribution < 1.29 is 37.4 Å². The van der Waals surface area contributed by atoms with E-state index in [1.54, 1.807) is 9.80 Å². The fraction of sp³-hybridized carbons (Fsp3) is 0.583. The first-order chi connectivity index (χ1) is 23.5. The molecule has 6 rings (SSSR count). The normalized spacial score (nSPS) is 20.8. The zero-order valence-electron chi connectivity index (χ0n) is 27.5. The highest BCUT2D eigenvalue weighted by atomic mass is 35.5. The molecule has 49 heavy (non-hydrogen) atoms. The van der Waals surface area contributed by atoms with Crippen molar-refractivity contribution in [2.24, 2.45) is 17.8 Å². The van der Waals surface area contributed by atoms with E-state index in [-0.39, 0.29) is 42.3 Å². The first kappa shape index (κ1) is 35.3. The second-order valence-corrected chi connectivity index (χ2v) is 14.2. The number of hydrogen-bond donors (Lipinski definition) is 2. The van der Waals surface area contributed by atoms with Crippen molar-refractivity contribution in [2.75, 3.05) is 51.3 Å². The molecule has 4 amide bonds. The second-order valence-electron chi connectivity index (χ2n) is 13.8. The van der Waals surface area contributed by atoms with Crippen LogP contribution in [-0.2, 0) is 33.3 Å². The van der Waals surface area contributed by atoms with Crippen LogP contribution >= 0.6 is 11.6 Å². The van der Waals surface area contributed by atoms with Gasteiger partial charge in [0.15, 0.2) is 0 Å². The predicted molar refractivity (Wildman–Crippen MR) is 178 cm³/mol. The smallest absolute Gasteiger partial charge is 0.420 e. The second kappa shape index (κ2) is 15.2. The minimum Gasteiger partial charge on any atom is -0.506 e. The van der Waals surface area contributed by atoms with Crippen molar-refractivity contribution in [1.82, 2.24) is 14.7 Å². The average Bonchev–Trinajstić information content (AvgIpc) is 3.27. The quantitative estimate of drug-likeness (QED) is 0.350. The van der Waals surface area contributed by atoms with Crippen LogP contribution in [-0.4, -0.2) is 89.6 Å². The molecule has 4 aliphatic heterocycles. The molecule has 0 radical (unpaired) electrons. The number of carbonyl (C=O) groups is 3. The summed E-state index contributed by atoms with van der Waals surface area (Å²) >= 11 is 6.02. The zero-order chi connectivity index (χ0) is 34.7. The van der Waals surface area contributed by atoms with Crippen LogP contribution in [0.15, 0.2) is 36.4 Å². The van der Waals surface area contributed by atoms with Crippen LogP contribution in [0.2, 0.25) is 5.02 Å². The van der Waals surface area contributed by atoms with E-state index in [0.717, 1.165) is 62.6 Å². The molecular weight excluding hydrogens is 661 g/mol. The standard InChI is InChI=1S/C36H44ClF3N4O5/c37-30-21-23(20-29(33(30)46)36(38,39)40)19-27(34(47)43-12-5-24(6-13-43)25-10-17-49-18-11-25)22-32(45)42-14-8-28(9-15-42)44-16-7-26-3-1-2-4-31(26)41-35(44)48/h1-4,20-21,24-25,27-28,46H,5-19,22H2,(H,41,48)/t27-/m0/s1. The summed E-state index contributed by atoms with van der Waals surface area (Å²) in [5, 5.41) is 12.6. The van der Waals surface area contributed by atoms with Gasteiger partial charge in [0.2, 0.25) is 11.8 Å². The Balaban J connectivity index is 1.12. The topological polar surface area (TPSA) is 102 Å². The van der Waals surface area contributed by atoms with Gasteiger partial charge in [-0.1, -0.05) is 29.8 Å². The number of ether oxygens (including phenoxy) is 1. The van der Waals surface area contributed by atoms with Gasteiger partial charge in [-0.3, -0.25) is 9.59 Å². The van der Waals surface area contributed by atoms with Gasteiger partial charge in [0.1, 0.15) is 5.75 Å². The lowest BCUT2D eigenvalue weighted by Crippen LogP contribution is -2.50. The van der Waals surface area contributed by atoms with Gasteiger partial charge in [0.05, 0.1) is 16.5 Å². The van der Waals surface area contributed by atoms with Gasteiger partial charge in [-0.05, 0) is 92.5 Å². The van der Waals surface area contributed by atoms with Gasteiger partial charge < -0.3 is 29.9 Å². The van der Waals surface area contributed by atoms with Crippen LogP contribution in [0.5, 0.6) is 5.75 Å². The van der Waals surface area contributed by atoms with Crippen molar-refractivity contribution in [3.8, 4) is 5.75 Å². The molecule has 0 saturated carbocycles. The molecule has 2 aromatic carbocycles.